The minimum absolute atomic E-state index is 0.404. The monoisotopic (exact) mass is 315 g/mol. The maximum Gasteiger partial charge on any atom is 0.348 e. The Kier molecular flexibility index (Phi) is 8.81. The first-order valence-corrected chi connectivity index (χ1v) is 8.11. The predicted octanol–water partition coefficient (Wildman–Crippen LogP) is 0.466. The van der Waals surface area contributed by atoms with Crippen LogP contribution in [0.15, 0.2) is 25.1 Å². The summed E-state index contributed by atoms with van der Waals surface area (Å²) in [7, 11) is -8.13. The molecule has 1 atom stereocenters. The summed E-state index contributed by atoms with van der Waals surface area (Å²) in [6, 6.07) is 0. The van der Waals surface area contributed by atoms with Gasteiger partial charge in [0.1, 0.15) is 0 Å². The second kappa shape index (κ2) is 8.23. The molecule has 0 spiro atoms. The second-order valence-corrected chi connectivity index (χ2v) is 6.75. The lowest BCUT2D eigenvalue weighted by molar-refractivity contribution is -0.116. The van der Waals surface area contributed by atoms with Crippen molar-refractivity contribution in [1.29, 1.82) is 0 Å². The highest BCUT2D eigenvalue weighted by molar-refractivity contribution is 7.86. The van der Waals surface area contributed by atoms with Crippen molar-refractivity contribution in [2.75, 3.05) is 0 Å². The zero-order valence-corrected chi connectivity index (χ0v) is 12.3. The maximum absolute atomic E-state index is 10.8. The normalized spacial score (nSPS) is 12.9. The van der Waals surface area contributed by atoms with E-state index < -0.39 is 34.9 Å². The summed E-state index contributed by atoms with van der Waals surface area (Å²) < 4.78 is 39.8. The summed E-state index contributed by atoms with van der Waals surface area (Å²) in [5.41, 5.74) is 0. The van der Waals surface area contributed by atoms with Gasteiger partial charge in [-0.15, -0.1) is 0 Å². The third kappa shape index (κ3) is 11.8. The summed E-state index contributed by atoms with van der Waals surface area (Å²) in [6.45, 7) is 9.18. The Hall–Kier alpha value is -0.990. The Morgan fingerprint density at radius 3 is 1.84 bits per heavy atom. The molecule has 4 N–H and O–H groups in total. The summed E-state index contributed by atoms with van der Waals surface area (Å²) >= 11 is 0. The van der Waals surface area contributed by atoms with E-state index in [2.05, 4.69) is 18.5 Å². The standard InChI is InChI=1S/C7H13NO4S.C2H5O3P/c1-4-6(9)8-7(5(2)3)13(10,11)12;1-2-6(3,4)5/h4-5,7H,1H2,2-3H3,(H,8,9)(H,10,11,12);2H,1H2,(H2,3,4,5). The molecule has 8 nitrogen and oxygen atoms in total. The smallest absolute Gasteiger partial charge is 0.334 e. The third-order valence-corrected chi connectivity index (χ3v) is 3.41. The zero-order chi connectivity index (χ0) is 15.9. The first-order chi connectivity index (χ1) is 8.35. The number of hydrogen-bond acceptors (Lipinski definition) is 4. The number of rotatable bonds is 5. The number of hydrogen-bond donors (Lipinski definition) is 4. The van der Waals surface area contributed by atoms with Gasteiger partial charge >= 0.3 is 7.60 Å². The van der Waals surface area contributed by atoms with Gasteiger partial charge in [0.15, 0.2) is 5.37 Å². The van der Waals surface area contributed by atoms with E-state index >= 15 is 0 Å². The van der Waals surface area contributed by atoms with Crippen LogP contribution in [0, 0.1) is 5.92 Å². The van der Waals surface area contributed by atoms with Gasteiger partial charge in [-0.3, -0.25) is 13.9 Å². The van der Waals surface area contributed by atoms with Gasteiger partial charge < -0.3 is 15.1 Å². The maximum atomic E-state index is 10.8. The molecule has 1 amide bonds. The van der Waals surface area contributed by atoms with E-state index in [4.69, 9.17) is 14.3 Å². The van der Waals surface area contributed by atoms with Gasteiger partial charge in [-0.05, 0) is 12.0 Å². The molecule has 0 saturated heterocycles. The fraction of sp³-hybridized carbons (Fsp3) is 0.444. The van der Waals surface area contributed by atoms with Crippen LogP contribution in [0.2, 0.25) is 0 Å². The largest absolute Gasteiger partial charge is 0.348 e. The lowest BCUT2D eigenvalue weighted by Crippen LogP contribution is -2.43. The SMILES string of the molecule is C=CC(=O)NC(C(C)C)S(=O)(=O)O.C=CP(=O)(O)O. The molecule has 1 unspecified atom stereocenters. The lowest BCUT2D eigenvalue weighted by atomic mass is 10.2. The average Bonchev–Trinajstić information content (AvgIpc) is 2.23. The van der Waals surface area contributed by atoms with Gasteiger partial charge in [-0.2, -0.15) is 8.42 Å². The van der Waals surface area contributed by atoms with Gasteiger partial charge in [0, 0.05) is 5.82 Å². The highest BCUT2D eigenvalue weighted by Gasteiger charge is 2.27. The van der Waals surface area contributed by atoms with Gasteiger partial charge in [0.2, 0.25) is 5.91 Å². The van der Waals surface area contributed by atoms with Crippen molar-refractivity contribution in [1.82, 2.24) is 5.32 Å². The molecule has 0 bridgehead atoms. The summed E-state index contributed by atoms with van der Waals surface area (Å²) in [6.07, 6.45) is 0.945. The molecule has 0 aromatic carbocycles. The minimum Gasteiger partial charge on any atom is -0.334 e. The lowest BCUT2D eigenvalue weighted by Gasteiger charge is -2.17. The van der Waals surface area contributed by atoms with E-state index in [9.17, 15) is 17.8 Å². The molecule has 112 valence electrons. The van der Waals surface area contributed by atoms with Crippen LogP contribution < -0.4 is 5.32 Å². The molecular formula is C9H18NO7PS. The van der Waals surface area contributed by atoms with Crippen molar-refractivity contribution in [3.63, 3.8) is 0 Å². The summed E-state index contributed by atoms with van der Waals surface area (Å²) in [5, 5.41) is 0.831. The predicted molar refractivity (Wildman–Crippen MR) is 70.8 cm³/mol. The molecule has 0 fully saturated rings. The highest BCUT2D eigenvalue weighted by atomic mass is 32.2. The van der Waals surface area contributed by atoms with E-state index in [0.717, 1.165) is 6.08 Å². The van der Waals surface area contributed by atoms with Crippen LogP contribution >= 0.6 is 7.60 Å². The molecular weight excluding hydrogens is 297 g/mol. The fourth-order valence-electron chi connectivity index (χ4n) is 0.784. The van der Waals surface area contributed by atoms with Crippen molar-refractivity contribution < 1.29 is 32.1 Å². The van der Waals surface area contributed by atoms with E-state index in [1.54, 1.807) is 13.8 Å². The van der Waals surface area contributed by atoms with Crippen LogP contribution in [0.5, 0.6) is 0 Å². The summed E-state index contributed by atoms with van der Waals surface area (Å²) in [5.74, 6) is -0.428. The van der Waals surface area contributed by atoms with Gasteiger partial charge in [0.05, 0.1) is 0 Å². The van der Waals surface area contributed by atoms with Gasteiger partial charge in [-0.25, -0.2) is 0 Å². The number of nitrogens with one attached hydrogen (secondary N) is 1. The van der Waals surface area contributed by atoms with Crippen molar-refractivity contribution in [2.45, 2.75) is 19.2 Å². The molecule has 0 radical (unpaired) electrons. The molecule has 19 heavy (non-hydrogen) atoms. The minimum atomic E-state index is -4.25. The quantitative estimate of drug-likeness (QED) is 0.328. The first-order valence-electron chi connectivity index (χ1n) is 4.93. The van der Waals surface area contributed by atoms with Crippen molar-refractivity contribution in [2.24, 2.45) is 5.92 Å². The molecule has 0 aromatic rings. The van der Waals surface area contributed by atoms with Gasteiger partial charge in [-0.1, -0.05) is 27.0 Å². The fourth-order valence-corrected chi connectivity index (χ4v) is 1.74. The molecule has 0 aliphatic carbocycles. The Balaban J connectivity index is 0. The van der Waals surface area contributed by atoms with Crippen LogP contribution in [-0.4, -0.2) is 34.0 Å². The van der Waals surface area contributed by atoms with Gasteiger partial charge in [0.25, 0.3) is 10.1 Å². The Morgan fingerprint density at radius 2 is 1.68 bits per heavy atom. The topological polar surface area (TPSA) is 141 Å². The van der Waals surface area contributed by atoms with Crippen molar-refractivity contribution >= 4 is 23.6 Å². The first kappa shape index (κ1) is 20.3. The Bertz CT molecular complexity index is 465. The van der Waals surface area contributed by atoms with Crippen LogP contribution in [0.1, 0.15) is 13.8 Å². The Labute approximate surface area is 112 Å². The highest BCUT2D eigenvalue weighted by Crippen LogP contribution is 2.34. The number of carbonyl (C=O) groups excluding carboxylic acids is 1. The van der Waals surface area contributed by atoms with E-state index in [-0.39, 0.29) is 0 Å². The van der Waals surface area contributed by atoms with Crippen LogP contribution in [0.3, 0.4) is 0 Å². The molecule has 0 saturated carbocycles. The van der Waals surface area contributed by atoms with Crippen molar-refractivity contribution in [3.8, 4) is 0 Å². The van der Waals surface area contributed by atoms with E-state index in [1.165, 1.54) is 0 Å². The molecule has 0 rings (SSSR count). The second-order valence-electron chi connectivity index (χ2n) is 3.66. The molecule has 0 aliphatic rings. The van der Waals surface area contributed by atoms with E-state index in [1.807, 2.05) is 0 Å². The number of carbonyl (C=O) groups is 1. The van der Waals surface area contributed by atoms with E-state index in [0.29, 0.717) is 5.82 Å². The average molecular weight is 315 g/mol. The van der Waals surface area contributed by atoms with Crippen LogP contribution in [0.4, 0.5) is 0 Å². The molecule has 0 heterocycles. The Morgan fingerprint density at radius 1 is 1.32 bits per heavy atom. The zero-order valence-electron chi connectivity index (χ0n) is 10.6. The molecule has 0 aliphatic heterocycles. The third-order valence-electron chi connectivity index (χ3n) is 1.63. The number of amides is 1. The molecule has 10 heteroatoms. The van der Waals surface area contributed by atoms with Crippen LogP contribution in [0.25, 0.3) is 0 Å². The molecule has 0 aromatic heterocycles. The van der Waals surface area contributed by atoms with Crippen LogP contribution in [-0.2, 0) is 19.5 Å². The van der Waals surface area contributed by atoms with Crippen molar-refractivity contribution in [3.05, 3.63) is 25.1 Å². The summed E-state index contributed by atoms with van der Waals surface area (Å²) in [4.78, 5) is 26.4.